The van der Waals surface area contributed by atoms with Crippen molar-refractivity contribution in [2.24, 2.45) is 0 Å². The van der Waals surface area contributed by atoms with Crippen LogP contribution in [0.3, 0.4) is 0 Å². The number of methoxy groups -OCH3 is 1. The number of hydrogen-bond acceptors (Lipinski definition) is 5. The Hall–Kier alpha value is -3.54. The van der Waals surface area contributed by atoms with Crippen LogP contribution < -0.4 is 20.3 Å². The van der Waals surface area contributed by atoms with E-state index in [2.05, 4.69) is 44.8 Å². The van der Waals surface area contributed by atoms with Crippen LogP contribution in [-0.4, -0.2) is 37.6 Å². The van der Waals surface area contributed by atoms with Crippen molar-refractivity contribution in [2.75, 3.05) is 31.6 Å². The van der Waals surface area contributed by atoms with Crippen molar-refractivity contribution in [1.82, 2.24) is 15.6 Å². The minimum Gasteiger partial charge on any atom is -0.497 e. The van der Waals surface area contributed by atoms with E-state index in [1.165, 1.54) is 17.7 Å². The minimum atomic E-state index is -0.325. The summed E-state index contributed by atoms with van der Waals surface area (Å²) in [5.74, 6) is 0.644. The molecule has 33 heavy (non-hydrogen) atoms. The van der Waals surface area contributed by atoms with Crippen LogP contribution in [0.25, 0.3) is 10.9 Å². The monoisotopic (exact) mass is 442 g/mol. The number of rotatable bonds is 5. The van der Waals surface area contributed by atoms with Crippen LogP contribution in [-0.2, 0) is 5.54 Å². The SMILES string of the molecule is C1=CNC1.COc1ccc(C)c(C(=O)NC2(c3cc(N4CCC4)cc4ncccc34)CC2)c1. The number of amides is 1. The summed E-state index contributed by atoms with van der Waals surface area (Å²) in [6.45, 7) is 5.19. The predicted molar refractivity (Wildman–Crippen MR) is 132 cm³/mol. The molecule has 1 aliphatic carbocycles. The Morgan fingerprint density at radius 3 is 2.55 bits per heavy atom. The van der Waals surface area contributed by atoms with Gasteiger partial charge in [0, 0.05) is 42.5 Å². The Labute approximate surface area is 194 Å². The molecule has 2 N–H and O–H groups in total. The molecule has 0 radical (unpaired) electrons. The fourth-order valence-electron chi connectivity index (χ4n) is 4.28. The van der Waals surface area contributed by atoms with Gasteiger partial charge in [0.05, 0.1) is 18.2 Å². The maximum absolute atomic E-state index is 13.2. The molecule has 0 spiro atoms. The number of aromatic nitrogens is 1. The van der Waals surface area contributed by atoms with E-state index >= 15 is 0 Å². The molecule has 1 amide bonds. The van der Waals surface area contributed by atoms with Crippen LogP contribution in [0.5, 0.6) is 5.75 Å². The molecule has 6 heteroatoms. The normalized spacial score (nSPS) is 17.1. The molecular weight excluding hydrogens is 412 g/mol. The van der Waals surface area contributed by atoms with E-state index in [0.717, 1.165) is 48.9 Å². The van der Waals surface area contributed by atoms with E-state index < -0.39 is 0 Å². The van der Waals surface area contributed by atoms with Gasteiger partial charge in [0.2, 0.25) is 0 Å². The van der Waals surface area contributed by atoms with Crippen molar-refractivity contribution in [1.29, 1.82) is 0 Å². The van der Waals surface area contributed by atoms with Crippen LogP contribution in [0, 0.1) is 6.92 Å². The van der Waals surface area contributed by atoms with E-state index in [1.54, 1.807) is 7.11 Å². The summed E-state index contributed by atoms with van der Waals surface area (Å²) < 4.78 is 5.32. The average molecular weight is 443 g/mol. The molecule has 0 atom stereocenters. The number of pyridine rings is 1. The Balaban J connectivity index is 0.000000517. The second kappa shape index (κ2) is 8.77. The van der Waals surface area contributed by atoms with Crippen LogP contribution in [0.4, 0.5) is 5.69 Å². The van der Waals surface area contributed by atoms with Crippen molar-refractivity contribution in [3.63, 3.8) is 0 Å². The minimum absolute atomic E-state index is 0.0507. The van der Waals surface area contributed by atoms with Gasteiger partial charge in [-0.1, -0.05) is 12.1 Å². The summed E-state index contributed by atoms with van der Waals surface area (Å²) in [7, 11) is 1.62. The van der Waals surface area contributed by atoms with Gasteiger partial charge < -0.3 is 20.3 Å². The van der Waals surface area contributed by atoms with Crippen molar-refractivity contribution < 1.29 is 9.53 Å². The maximum atomic E-state index is 13.2. The first-order valence-corrected chi connectivity index (χ1v) is 11.6. The molecular formula is C27H30N4O2. The molecule has 170 valence electrons. The summed E-state index contributed by atoms with van der Waals surface area (Å²) in [5, 5.41) is 7.40. The lowest BCUT2D eigenvalue weighted by atomic mass is 9.96. The van der Waals surface area contributed by atoms with E-state index in [1.807, 2.05) is 43.6 Å². The molecule has 1 saturated carbocycles. The number of carbonyl (C=O) groups excluding carboxylic acids is 1. The van der Waals surface area contributed by atoms with E-state index in [9.17, 15) is 4.79 Å². The summed E-state index contributed by atoms with van der Waals surface area (Å²) in [6.07, 6.45) is 8.95. The number of carbonyl (C=O) groups is 1. The molecule has 3 heterocycles. The fraction of sp³-hybridized carbons (Fsp3) is 0.333. The lowest BCUT2D eigenvalue weighted by Gasteiger charge is -2.34. The molecule has 0 bridgehead atoms. The van der Waals surface area contributed by atoms with Crippen LogP contribution >= 0.6 is 0 Å². The smallest absolute Gasteiger partial charge is 0.252 e. The number of benzene rings is 2. The molecule has 6 nitrogen and oxygen atoms in total. The second-order valence-electron chi connectivity index (χ2n) is 8.93. The van der Waals surface area contributed by atoms with Gasteiger partial charge >= 0.3 is 0 Å². The van der Waals surface area contributed by atoms with Gasteiger partial charge in [0.25, 0.3) is 5.91 Å². The first-order valence-electron chi connectivity index (χ1n) is 11.6. The third-order valence-corrected chi connectivity index (χ3v) is 6.71. The molecule has 0 unspecified atom stereocenters. The summed E-state index contributed by atoms with van der Waals surface area (Å²) in [4.78, 5) is 20.2. The number of anilines is 1. The number of fused-ring (bicyclic) bond motifs is 1. The largest absolute Gasteiger partial charge is 0.497 e. The highest BCUT2D eigenvalue weighted by atomic mass is 16.5. The first kappa shape index (κ1) is 21.3. The lowest BCUT2D eigenvalue weighted by Crippen LogP contribution is -2.38. The zero-order chi connectivity index (χ0) is 22.8. The summed E-state index contributed by atoms with van der Waals surface area (Å²) in [5.41, 5.74) is 4.66. The second-order valence-corrected chi connectivity index (χ2v) is 8.93. The first-order chi connectivity index (χ1) is 16.1. The van der Waals surface area contributed by atoms with Crippen molar-refractivity contribution >= 4 is 22.5 Å². The van der Waals surface area contributed by atoms with Gasteiger partial charge in [0.15, 0.2) is 0 Å². The molecule has 3 aliphatic rings. The van der Waals surface area contributed by atoms with Gasteiger partial charge in [0.1, 0.15) is 5.75 Å². The van der Waals surface area contributed by atoms with Gasteiger partial charge in [-0.25, -0.2) is 0 Å². The average Bonchev–Trinajstić information content (AvgIpc) is 3.51. The number of ether oxygens (including phenoxy) is 1. The Kier molecular flexibility index (Phi) is 5.67. The zero-order valence-corrected chi connectivity index (χ0v) is 19.2. The topological polar surface area (TPSA) is 66.5 Å². The number of hydrogen-bond donors (Lipinski definition) is 2. The zero-order valence-electron chi connectivity index (χ0n) is 19.2. The van der Waals surface area contributed by atoms with E-state index in [0.29, 0.717) is 11.3 Å². The predicted octanol–water partition coefficient (Wildman–Crippen LogP) is 4.28. The third-order valence-electron chi connectivity index (χ3n) is 6.71. The van der Waals surface area contributed by atoms with Gasteiger partial charge in [-0.3, -0.25) is 9.78 Å². The molecule has 3 aromatic rings. The number of nitrogens with one attached hydrogen (secondary N) is 2. The number of aryl methyl sites for hydroxylation is 1. The molecule has 6 rings (SSSR count). The van der Waals surface area contributed by atoms with Crippen molar-refractivity contribution in [2.45, 2.75) is 31.7 Å². The van der Waals surface area contributed by atoms with Crippen LogP contribution in [0.15, 0.2) is 60.9 Å². The Morgan fingerprint density at radius 2 is 1.94 bits per heavy atom. The molecule has 2 fully saturated rings. The molecule has 1 aromatic heterocycles. The highest BCUT2D eigenvalue weighted by Gasteiger charge is 2.47. The number of nitrogens with zero attached hydrogens (tertiary/aromatic N) is 2. The Morgan fingerprint density at radius 1 is 1.18 bits per heavy atom. The summed E-state index contributed by atoms with van der Waals surface area (Å²) in [6, 6.07) is 14.1. The van der Waals surface area contributed by atoms with Crippen molar-refractivity contribution in [3.05, 3.63) is 77.6 Å². The maximum Gasteiger partial charge on any atom is 0.252 e. The van der Waals surface area contributed by atoms with Gasteiger partial charge in [-0.2, -0.15) is 0 Å². The molecule has 2 aromatic carbocycles. The summed E-state index contributed by atoms with van der Waals surface area (Å²) >= 11 is 0. The van der Waals surface area contributed by atoms with Crippen LogP contribution in [0.2, 0.25) is 0 Å². The van der Waals surface area contributed by atoms with Gasteiger partial charge in [-0.15, -0.1) is 0 Å². The Bertz CT molecular complexity index is 1210. The highest BCUT2D eigenvalue weighted by Crippen LogP contribution is 2.49. The van der Waals surface area contributed by atoms with Crippen LogP contribution in [0.1, 0.15) is 40.7 Å². The molecule has 2 aliphatic heterocycles. The van der Waals surface area contributed by atoms with E-state index in [4.69, 9.17) is 4.74 Å². The molecule has 1 saturated heterocycles. The van der Waals surface area contributed by atoms with Gasteiger partial charge in [-0.05, 0) is 79.9 Å². The highest BCUT2D eigenvalue weighted by molar-refractivity contribution is 5.97. The fourth-order valence-corrected chi connectivity index (χ4v) is 4.28. The third kappa shape index (κ3) is 4.25. The van der Waals surface area contributed by atoms with Crippen molar-refractivity contribution in [3.8, 4) is 5.75 Å². The van der Waals surface area contributed by atoms with E-state index in [-0.39, 0.29) is 11.4 Å². The standard InChI is InChI=1S/C24H25N3O2.C3H5N/c1-16-6-7-18(29-2)15-20(16)23(28)26-24(8-9-24)21-13-17(27-11-4-12-27)14-22-19(21)5-3-10-25-22;1-2-4-3-1/h3,5-7,10,13-15H,4,8-9,11-12H2,1-2H3,(H,26,28);1-2,4H,3H2. The quantitative estimate of drug-likeness (QED) is 0.617. The lowest BCUT2D eigenvalue weighted by molar-refractivity contribution is 0.0930.